The van der Waals surface area contributed by atoms with Crippen LogP contribution in [0.25, 0.3) is 0 Å². The molecule has 1 aromatic rings. The fourth-order valence-electron chi connectivity index (χ4n) is 4.22. The van der Waals surface area contributed by atoms with E-state index in [-0.39, 0.29) is 0 Å². The van der Waals surface area contributed by atoms with Crippen molar-refractivity contribution in [2.45, 2.75) is 64.0 Å². The summed E-state index contributed by atoms with van der Waals surface area (Å²) >= 11 is 0. The van der Waals surface area contributed by atoms with E-state index in [9.17, 15) is 0 Å². The third-order valence-corrected chi connectivity index (χ3v) is 5.53. The van der Waals surface area contributed by atoms with E-state index >= 15 is 0 Å². The molecule has 0 heterocycles. The first kappa shape index (κ1) is 13.9. The topological polar surface area (TPSA) is 21.3 Å². The SMILES string of the molecule is CNC1CC(Oc2ccccc2C)C12CCCCCC2. The lowest BCUT2D eigenvalue weighted by molar-refractivity contribution is -0.0884. The molecule has 0 amide bonds. The first-order valence-electron chi connectivity index (χ1n) is 8.16. The highest BCUT2D eigenvalue weighted by Crippen LogP contribution is 2.52. The minimum atomic E-state index is 0.382. The highest BCUT2D eigenvalue weighted by atomic mass is 16.5. The molecule has 3 rings (SSSR count). The first-order chi connectivity index (χ1) is 9.76. The fourth-order valence-corrected chi connectivity index (χ4v) is 4.22. The van der Waals surface area contributed by atoms with Gasteiger partial charge in [-0.1, -0.05) is 43.9 Å². The molecule has 1 aromatic carbocycles. The van der Waals surface area contributed by atoms with Crippen LogP contribution in [0.2, 0.25) is 0 Å². The molecule has 2 unspecified atom stereocenters. The van der Waals surface area contributed by atoms with E-state index in [1.165, 1.54) is 44.1 Å². The number of hydrogen-bond donors (Lipinski definition) is 1. The fraction of sp³-hybridized carbons (Fsp3) is 0.667. The van der Waals surface area contributed by atoms with Crippen LogP contribution in [0.1, 0.15) is 50.5 Å². The van der Waals surface area contributed by atoms with E-state index in [4.69, 9.17) is 4.74 Å². The number of aryl methyl sites for hydroxylation is 1. The summed E-state index contributed by atoms with van der Waals surface area (Å²) in [6, 6.07) is 9.07. The third-order valence-electron chi connectivity index (χ3n) is 5.53. The number of rotatable bonds is 3. The molecule has 2 nitrogen and oxygen atoms in total. The molecule has 2 aliphatic carbocycles. The summed E-state index contributed by atoms with van der Waals surface area (Å²) in [7, 11) is 2.11. The summed E-state index contributed by atoms with van der Waals surface area (Å²) in [5, 5.41) is 3.54. The van der Waals surface area contributed by atoms with E-state index in [0.29, 0.717) is 17.6 Å². The van der Waals surface area contributed by atoms with E-state index in [1.807, 2.05) is 0 Å². The van der Waals surface area contributed by atoms with Crippen LogP contribution in [0.15, 0.2) is 24.3 Å². The van der Waals surface area contributed by atoms with Gasteiger partial charge in [-0.2, -0.15) is 0 Å². The number of para-hydroxylation sites is 1. The second-order valence-corrected chi connectivity index (χ2v) is 6.60. The molecule has 2 atom stereocenters. The van der Waals surface area contributed by atoms with Crippen molar-refractivity contribution >= 4 is 0 Å². The van der Waals surface area contributed by atoms with Crippen LogP contribution in [0.3, 0.4) is 0 Å². The summed E-state index contributed by atoms with van der Waals surface area (Å²) in [6.45, 7) is 2.14. The van der Waals surface area contributed by atoms with Crippen LogP contribution >= 0.6 is 0 Å². The molecule has 0 saturated heterocycles. The zero-order valence-corrected chi connectivity index (χ0v) is 12.8. The van der Waals surface area contributed by atoms with Gasteiger partial charge in [-0.25, -0.2) is 0 Å². The Morgan fingerprint density at radius 3 is 2.45 bits per heavy atom. The van der Waals surface area contributed by atoms with Crippen LogP contribution in [0.5, 0.6) is 5.75 Å². The molecular formula is C18H27NO. The van der Waals surface area contributed by atoms with Crippen molar-refractivity contribution in [2.24, 2.45) is 5.41 Å². The van der Waals surface area contributed by atoms with Crippen molar-refractivity contribution in [3.8, 4) is 5.75 Å². The maximum absolute atomic E-state index is 6.42. The molecule has 2 fully saturated rings. The van der Waals surface area contributed by atoms with E-state index < -0.39 is 0 Å². The van der Waals surface area contributed by atoms with Gasteiger partial charge < -0.3 is 10.1 Å². The molecule has 2 aliphatic rings. The summed E-state index contributed by atoms with van der Waals surface area (Å²) in [4.78, 5) is 0. The quantitative estimate of drug-likeness (QED) is 0.896. The summed E-state index contributed by atoms with van der Waals surface area (Å²) in [6.07, 6.45) is 9.75. The molecule has 0 bridgehead atoms. The predicted octanol–water partition coefficient (Wildman–Crippen LogP) is 4.07. The molecule has 110 valence electrons. The number of benzene rings is 1. The molecule has 0 radical (unpaired) electrons. The molecule has 2 heteroatoms. The van der Waals surface area contributed by atoms with Gasteiger partial charge in [-0.05, 0) is 38.4 Å². The number of ether oxygens (including phenoxy) is 1. The largest absolute Gasteiger partial charge is 0.489 e. The van der Waals surface area contributed by atoms with Gasteiger partial charge in [0.1, 0.15) is 11.9 Å². The predicted molar refractivity (Wildman–Crippen MR) is 83.2 cm³/mol. The van der Waals surface area contributed by atoms with Crippen LogP contribution in [0, 0.1) is 12.3 Å². The second-order valence-electron chi connectivity index (χ2n) is 6.60. The van der Waals surface area contributed by atoms with Gasteiger partial charge in [0.2, 0.25) is 0 Å². The molecule has 2 saturated carbocycles. The van der Waals surface area contributed by atoms with Gasteiger partial charge in [0.25, 0.3) is 0 Å². The van der Waals surface area contributed by atoms with Gasteiger partial charge in [-0.3, -0.25) is 0 Å². The smallest absolute Gasteiger partial charge is 0.122 e. The normalized spacial score (nSPS) is 28.7. The zero-order chi connectivity index (χ0) is 14.0. The lowest BCUT2D eigenvalue weighted by Crippen LogP contribution is -2.64. The van der Waals surface area contributed by atoms with Crippen LogP contribution in [-0.4, -0.2) is 19.2 Å². The molecular weight excluding hydrogens is 246 g/mol. The molecule has 20 heavy (non-hydrogen) atoms. The first-order valence-corrected chi connectivity index (χ1v) is 8.16. The van der Waals surface area contributed by atoms with Crippen molar-refractivity contribution < 1.29 is 4.74 Å². The van der Waals surface area contributed by atoms with Gasteiger partial charge in [0.15, 0.2) is 0 Å². The van der Waals surface area contributed by atoms with Gasteiger partial charge in [0, 0.05) is 17.9 Å². The Labute approximate surface area is 122 Å². The Balaban J connectivity index is 1.77. The molecule has 1 spiro atoms. The molecule has 0 aromatic heterocycles. The average molecular weight is 273 g/mol. The number of hydrogen-bond acceptors (Lipinski definition) is 2. The highest BCUT2D eigenvalue weighted by Gasteiger charge is 2.55. The maximum atomic E-state index is 6.42. The Morgan fingerprint density at radius 2 is 1.80 bits per heavy atom. The van der Waals surface area contributed by atoms with Crippen LogP contribution in [0.4, 0.5) is 0 Å². The van der Waals surface area contributed by atoms with Crippen molar-refractivity contribution in [1.29, 1.82) is 0 Å². The standard InChI is InChI=1S/C18H27NO/c1-14-9-5-6-10-15(14)20-17-13-16(19-2)18(17)11-7-3-4-8-12-18/h5-6,9-10,16-17,19H,3-4,7-8,11-13H2,1-2H3. The minimum Gasteiger partial charge on any atom is -0.489 e. The Bertz CT molecular complexity index is 448. The zero-order valence-electron chi connectivity index (χ0n) is 12.8. The van der Waals surface area contributed by atoms with Crippen molar-refractivity contribution in [2.75, 3.05) is 7.05 Å². The van der Waals surface area contributed by atoms with Crippen LogP contribution in [-0.2, 0) is 0 Å². The minimum absolute atomic E-state index is 0.382. The Hall–Kier alpha value is -1.02. The Morgan fingerprint density at radius 1 is 1.10 bits per heavy atom. The molecule has 1 N–H and O–H groups in total. The monoisotopic (exact) mass is 273 g/mol. The lowest BCUT2D eigenvalue weighted by atomic mass is 9.58. The molecule has 0 aliphatic heterocycles. The summed E-state index contributed by atoms with van der Waals surface area (Å²) < 4.78 is 6.42. The highest BCUT2D eigenvalue weighted by molar-refractivity contribution is 5.32. The van der Waals surface area contributed by atoms with Gasteiger partial charge in [0.05, 0.1) is 0 Å². The Kier molecular flexibility index (Phi) is 4.02. The van der Waals surface area contributed by atoms with E-state index in [2.05, 4.69) is 43.6 Å². The van der Waals surface area contributed by atoms with E-state index in [1.54, 1.807) is 0 Å². The van der Waals surface area contributed by atoms with Gasteiger partial charge >= 0.3 is 0 Å². The van der Waals surface area contributed by atoms with Crippen molar-refractivity contribution in [3.05, 3.63) is 29.8 Å². The van der Waals surface area contributed by atoms with E-state index in [0.717, 1.165) is 12.2 Å². The average Bonchev–Trinajstić information content (AvgIpc) is 2.72. The van der Waals surface area contributed by atoms with Crippen molar-refractivity contribution in [1.82, 2.24) is 5.32 Å². The number of nitrogens with one attached hydrogen (secondary N) is 1. The summed E-state index contributed by atoms with van der Waals surface area (Å²) in [5.41, 5.74) is 1.64. The second kappa shape index (κ2) is 5.77. The lowest BCUT2D eigenvalue weighted by Gasteiger charge is -2.55. The maximum Gasteiger partial charge on any atom is 0.122 e. The summed E-state index contributed by atoms with van der Waals surface area (Å²) in [5.74, 6) is 1.08. The van der Waals surface area contributed by atoms with Crippen LogP contribution < -0.4 is 10.1 Å². The van der Waals surface area contributed by atoms with Gasteiger partial charge in [-0.15, -0.1) is 0 Å². The third kappa shape index (κ3) is 2.35. The van der Waals surface area contributed by atoms with Crippen molar-refractivity contribution in [3.63, 3.8) is 0 Å².